The monoisotopic (exact) mass is 367 g/mol. The summed E-state index contributed by atoms with van der Waals surface area (Å²) in [5, 5.41) is 0.628. The van der Waals surface area contributed by atoms with Crippen molar-refractivity contribution >= 4 is 22.6 Å². The van der Waals surface area contributed by atoms with Gasteiger partial charge in [0.2, 0.25) is 0 Å². The number of ether oxygens (including phenoxy) is 1. The normalized spacial score (nSPS) is 16.3. The molecule has 0 unspecified atom stereocenters. The fraction of sp³-hybridized carbons (Fsp3) is 0.238. The van der Waals surface area contributed by atoms with Crippen molar-refractivity contribution < 1.29 is 18.3 Å². The highest BCUT2D eigenvalue weighted by molar-refractivity contribution is 6.08. The van der Waals surface area contributed by atoms with Gasteiger partial charge in [-0.1, -0.05) is 0 Å². The van der Waals surface area contributed by atoms with E-state index in [4.69, 9.17) is 9.15 Å². The standard InChI is InChI=1S/C21H18FNO4/c1-12-3-4-13-9-15(22)6-8-18(13)23(12)20(24)17-10-14-5-7-16(26-2)11-19(14)27-21(17)25/h5-12H,3-4H2,1-2H3/t12-/m0/s1. The molecule has 0 bridgehead atoms. The molecule has 2 heterocycles. The van der Waals surface area contributed by atoms with Gasteiger partial charge in [0.05, 0.1) is 7.11 Å². The summed E-state index contributed by atoms with van der Waals surface area (Å²) in [6.07, 6.45) is 1.38. The van der Waals surface area contributed by atoms with Crippen LogP contribution in [-0.4, -0.2) is 19.1 Å². The molecule has 0 N–H and O–H groups in total. The van der Waals surface area contributed by atoms with Crippen LogP contribution in [0.15, 0.2) is 51.7 Å². The zero-order chi connectivity index (χ0) is 19.1. The van der Waals surface area contributed by atoms with Gasteiger partial charge >= 0.3 is 5.63 Å². The van der Waals surface area contributed by atoms with Crippen LogP contribution >= 0.6 is 0 Å². The Kier molecular flexibility index (Phi) is 4.18. The Morgan fingerprint density at radius 2 is 2.04 bits per heavy atom. The van der Waals surface area contributed by atoms with Crippen LogP contribution in [0, 0.1) is 5.82 Å². The zero-order valence-electron chi connectivity index (χ0n) is 15.0. The summed E-state index contributed by atoms with van der Waals surface area (Å²) in [5.74, 6) is -0.221. The van der Waals surface area contributed by atoms with Crippen molar-refractivity contribution in [3.05, 3.63) is 69.8 Å². The van der Waals surface area contributed by atoms with Crippen LogP contribution in [0.2, 0.25) is 0 Å². The molecule has 0 saturated carbocycles. The number of amides is 1. The number of fused-ring (bicyclic) bond motifs is 2. The molecule has 0 saturated heterocycles. The largest absolute Gasteiger partial charge is 0.497 e. The fourth-order valence-electron chi connectivity index (χ4n) is 3.53. The number of halogens is 1. The molecule has 0 fully saturated rings. The summed E-state index contributed by atoms with van der Waals surface area (Å²) < 4.78 is 24.0. The number of anilines is 1. The quantitative estimate of drug-likeness (QED) is 0.644. The number of hydrogen-bond donors (Lipinski definition) is 0. The molecule has 5 nitrogen and oxygen atoms in total. The summed E-state index contributed by atoms with van der Waals surface area (Å²) >= 11 is 0. The minimum Gasteiger partial charge on any atom is -0.497 e. The van der Waals surface area contributed by atoms with E-state index in [1.165, 1.54) is 25.3 Å². The lowest BCUT2D eigenvalue weighted by Gasteiger charge is -2.35. The van der Waals surface area contributed by atoms with Crippen molar-refractivity contribution in [1.82, 2.24) is 0 Å². The van der Waals surface area contributed by atoms with E-state index >= 15 is 0 Å². The Balaban J connectivity index is 1.81. The van der Waals surface area contributed by atoms with Crippen molar-refractivity contribution in [3.63, 3.8) is 0 Å². The molecule has 138 valence electrons. The lowest BCUT2D eigenvalue weighted by Crippen LogP contribution is -2.43. The maximum atomic E-state index is 13.6. The predicted octanol–water partition coefficient (Wildman–Crippen LogP) is 3.92. The Labute approximate surface area is 155 Å². The number of aryl methyl sites for hydroxylation is 1. The van der Waals surface area contributed by atoms with Crippen LogP contribution in [0.25, 0.3) is 11.0 Å². The third kappa shape index (κ3) is 2.97. The molecule has 0 spiro atoms. The topological polar surface area (TPSA) is 59.8 Å². The molecule has 3 aromatic rings. The molecule has 1 aliphatic heterocycles. The van der Waals surface area contributed by atoms with Gasteiger partial charge in [-0.2, -0.15) is 0 Å². The van der Waals surface area contributed by atoms with Gasteiger partial charge in [-0.15, -0.1) is 0 Å². The van der Waals surface area contributed by atoms with E-state index in [1.807, 2.05) is 6.92 Å². The van der Waals surface area contributed by atoms with Gasteiger partial charge in [0.1, 0.15) is 22.7 Å². The van der Waals surface area contributed by atoms with E-state index in [1.54, 1.807) is 29.2 Å². The third-order valence-electron chi connectivity index (χ3n) is 4.97. The van der Waals surface area contributed by atoms with Gasteiger partial charge in [0.15, 0.2) is 0 Å². The number of rotatable bonds is 2. The van der Waals surface area contributed by atoms with E-state index in [9.17, 15) is 14.0 Å². The number of methoxy groups -OCH3 is 1. The summed E-state index contributed by atoms with van der Waals surface area (Å²) in [4.78, 5) is 27.2. The van der Waals surface area contributed by atoms with E-state index in [2.05, 4.69) is 0 Å². The van der Waals surface area contributed by atoms with E-state index in [0.717, 1.165) is 5.56 Å². The van der Waals surface area contributed by atoms with E-state index in [-0.39, 0.29) is 17.4 Å². The van der Waals surface area contributed by atoms with Gasteiger partial charge in [0.25, 0.3) is 5.91 Å². The fourth-order valence-corrected chi connectivity index (χ4v) is 3.53. The van der Waals surface area contributed by atoms with Crippen LogP contribution < -0.4 is 15.3 Å². The Bertz CT molecular complexity index is 1110. The highest BCUT2D eigenvalue weighted by atomic mass is 19.1. The average molecular weight is 367 g/mol. The van der Waals surface area contributed by atoms with E-state index in [0.29, 0.717) is 35.2 Å². The number of nitrogens with zero attached hydrogens (tertiary/aromatic N) is 1. The number of carbonyl (C=O) groups is 1. The van der Waals surface area contributed by atoms with Crippen LogP contribution in [0.5, 0.6) is 5.75 Å². The van der Waals surface area contributed by atoms with E-state index < -0.39 is 11.5 Å². The molecule has 6 heteroatoms. The molecule has 4 rings (SSSR count). The summed E-state index contributed by atoms with van der Waals surface area (Å²) in [6.45, 7) is 1.91. The smallest absolute Gasteiger partial charge is 0.349 e. The van der Waals surface area contributed by atoms with Gasteiger partial charge in [-0.3, -0.25) is 4.79 Å². The van der Waals surface area contributed by atoms with Crippen LogP contribution in [0.1, 0.15) is 29.3 Å². The number of hydrogen-bond acceptors (Lipinski definition) is 4. The number of carbonyl (C=O) groups excluding carboxylic acids is 1. The third-order valence-corrected chi connectivity index (χ3v) is 4.97. The van der Waals surface area contributed by atoms with Crippen molar-refractivity contribution in [3.8, 4) is 5.75 Å². The highest BCUT2D eigenvalue weighted by Gasteiger charge is 2.31. The minimum atomic E-state index is -0.706. The molecule has 27 heavy (non-hydrogen) atoms. The molecular weight excluding hydrogens is 349 g/mol. The predicted molar refractivity (Wildman–Crippen MR) is 100 cm³/mol. The highest BCUT2D eigenvalue weighted by Crippen LogP contribution is 2.32. The Morgan fingerprint density at radius 3 is 2.81 bits per heavy atom. The second-order valence-electron chi connectivity index (χ2n) is 6.69. The van der Waals surface area contributed by atoms with Crippen molar-refractivity contribution in [2.45, 2.75) is 25.8 Å². The molecular formula is C21H18FNO4. The first-order chi connectivity index (χ1) is 13.0. The zero-order valence-corrected chi connectivity index (χ0v) is 15.0. The maximum absolute atomic E-state index is 13.6. The Morgan fingerprint density at radius 1 is 1.22 bits per heavy atom. The SMILES string of the molecule is COc1ccc2cc(C(=O)N3c4ccc(F)cc4CC[C@@H]3C)c(=O)oc2c1. The molecule has 0 radical (unpaired) electrons. The van der Waals surface area contributed by atoms with Gasteiger partial charge < -0.3 is 14.1 Å². The molecule has 1 atom stereocenters. The van der Waals surface area contributed by atoms with Crippen LogP contribution in [-0.2, 0) is 6.42 Å². The van der Waals surface area contributed by atoms with Crippen molar-refractivity contribution in [2.75, 3.05) is 12.0 Å². The average Bonchev–Trinajstić information content (AvgIpc) is 2.66. The first-order valence-corrected chi connectivity index (χ1v) is 8.72. The molecule has 1 aromatic heterocycles. The van der Waals surface area contributed by atoms with Crippen molar-refractivity contribution in [1.29, 1.82) is 0 Å². The minimum absolute atomic E-state index is 0.0447. The first-order valence-electron chi connectivity index (χ1n) is 8.72. The van der Waals surface area contributed by atoms with Crippen LogP contribution in [0.4, 0.5) is 10.1 Å². The maximum Gasteiger partial charge on any atom is 0.349 e. The second-order valence-corrected chi connectivity index (χ2v) is 6.69. The second kappa shape index (κ2) is 6.54. The molecule has 1 amide bonds. The van der Waals surface area contributed by atoms with Crippen LogP contribution in [0.3, 0.4) is 0 Å². The molecule has 0 aliphatic carbocycles. The molecule has 1 aliphatic rings. The van der Waals surface area contributed by atoms with Crippen molar-refractivity contribution in [2.24, 2.45) is 0 Å². The lowest BCUT2D eigenvalue weighted by atomic mass is 9.95. The number of benzene rings is 2. The lowest BCUT2D eigenvalue weighted by molar-refractivity contribution is 0.0971. The van der Waals surface area contributed by atoms with Gasteiger partial charge in [-0.05, 0) is 61.7 Å². The van der Waals surface area contributed by atoms with Gasteiger partial charge in [-0.25, -0.2) is 9.18 Å². The first kappa shape index (κ1) is 17.3. The Hall–Kier alpha value is -3.15. The summed E-state index contributed by atoms with van der Waals surface area (Å²) in [6, 6.07) is 10.9. The summed E-state index contributed by atoms with van der Waals surface area (Å²) in [5.41, 5.74) is 0.995. The van der Waals surface area contributed by atoms with Gasteiger partial charge in [0, 0.05) is 23.2 Å². The summed E-state index contributed by atoms with van der Waals surface area (Å²) in [7, 11) is 1.52. The molecule has 2 aromatic carbocycles.